The van der Waals surface area contributed by atoms with E-state index in [9.17, 15) is 9.90 Å². The van der Waals surface area contributed by atoms with E-state index < -0.39 is 6.10 Å². The van der Waals surface area contributed by atoms with Crippen LogP contribution in [0.2, 0.25) is 0 Å². The number of aromatic nitrogens is 1. The number of nitrogens with two attached hydrogens (primary N) is 1. The molecule has 2 aliphatic carbocycles. The van der Waals surface area contributed by atoms with E-state index in [4.69, 9.17) is 4.74 Å². The van der Waals surface area contributed by atoms with Crippen molar-refractivity contribution in [2.75, 3.05) is 26.7 Å². The largest absolute Gasteiger partial charge is 0.448 e. The number of quaternary nitrogens is 1. The molecule has 6 nitrogen and oxygen atoms in total. The number of methoxy groups -OCH3 is 1. The van der Waals surface area contributed by atoms with Crippen LogP contribution in [0.3, 0.4) is 0 Å². The Morgan fingerprint density at radius 1 is 1.08 bits per heavy atom. The SMILES string of the molecule is COc1ccc2c([nH+]1)C(O)CC[C@]21C[NH2+]CC1C(=O)N1CC[C@@H](c2ccccc2)C[C@H]1C1CCCCC1. The second-order valence-electron chi connectivity index (χ2n) is 12.0. The predicted octanol–water partition coefficient (Wildman–Crippen LogP) is 3.12. The zero-order valence-corrected chi connectivity index (χ0v) is 22.2. The number of pyridine rings is 1. The summed E-state index contributed by atoms with van der Waals surface area (Å²) >= 11 is 0. The molecule has 6 rings (SSSR count). The third-order valence-electron chi connectivity index (χ3n) is 10.2. The van der Waals surface area contributed by atoms with Crippen molar-refractivity contribution in [3.63, 3.8) is 0 Å². The lowest BCUT2D eigenvalue weighted by Crippen LogP contribution is -2.82. The van der Waals surface area contributed by atoms with E-state index in [-0.39, 0.29) is 11.3 Å². The van der Waals surface area contributed by atoms with Gasteiger partial charge in [-0.05, 0) is 62.0 Å². The summed E-state index contributed by atoms with van der Waals surface area (Å²) in [6.45, 7) is 2.59. The summed E-state index contributed by atoms with van der Waals surface area (Å²) < 4.78 is 5.43. The Morgan fingerprint density at radius 2 is 1.89 bits per heavy atom. The zero-order chi connectivity index (χ0) is 25.4. The number of benzene rings is 1. The summed E-state index contributed by atoms with van der Waals surface area (Å²) in [5, 5.41) is 13.2. The fraction of sp³-hybridized carbons (Fsp3) is 0.613. The topological polar surface area (TPSA) is 80.5 Å². The van der Waals surface area contributed by atoms with Crippen molar-refractivity contribution >= 4 is 5.91 Å². The highest BCUT2D eigenvalue weighted by atomic mass is 16.5. The van der Waals surface area contributed by atoms with Crippen LogP contribution in [0, 0.1) is 11.8 Å². The lowest BCUT2D eigenvalue weighted by Gasteiger charge is -2.47. The van der Waals surface area contributed by atoms with E-state index >= 15 is 0 Å². The van der Waals surface area contributed by atoms with Crippen molar-refractivity contribution < 1.29 is 24.9 Å². The van der Waals surface area contributed by atoms with Gasteiger partial charge >= 0.3 is 5.88 Å². The quantitative estimate of drug-likeness (QED) is 0.670. The van der Waals surface area contributed by atoms with Gasteiger partial charge < -0.3 is 20.1 Å². The van der Waals surface area contributed by atoms with E-state index in [1.165, 1.54) is 37.7 Å². The molecule has 0 radical (unpaired) electrons. The first-order valence-electron chi connectivity index (χ1n) is 14.6. The van der Waals surface area contributed by atoms with Gasteiger partial charge in [0.05, 0.1) is 31.7 Å². The average molecular weight is 506 g/mol. The number of H-pyrrole nitrogens is 1. The number of piperidine rings is 1. The Labute approximate surface area is 220 Å². The van der Waals surface area contributed by atoms with Gasteiger partial charge in [-0.1, -0.05) is 49.6 Å². The van der Waals surface area contributed by atoms with Gasteiger partial charge in [-0.2, -0.15) is 4.98 Å². The molecule has 6 heteroatoms. The van der Waals surface area contributed by atoms with E-state index in [1.807, 2.05) is 6.07 Å². The number of nitrogens with one attached hydrogen (secondary N) is 1. The monoisotopic (exact) mass is 505 g/mol. The first kappa shape index (κ1) is 24.9. The van der Waals surface area contributed by atoms with Crippen LogP contribution in [0.5, 0.6) is 5.88 Å². The molecule has 2 aromatic rings. The van der Waals surface area contributed by atoms with Crippen LogP contribution >= 0.6 is 0 Å². The summed E-state index contributed by atoms with van der Waals surface area (Å²) in [5.41, 5.74) is 3.15. The molecule has 2 aliphatic heterocycles. The average Bonchev–Trinajstić information content (AvgIpc) is 3.39. The van der Waals surface area contributed by atoms with Gasteiger partial charge in [-0.3, -0.25) is 4.79 Å². The number of ether oxygens (including phenoxy) is 1. The molecule has 1 spiro atoms. The number of hydrogen-bond acceptors (Lipinski definition) is 3. The van der Waals surface area contributed by atoms with Crippen LogP contribution in [0.1, 0.15) is 86.6 Å². The van der Waals surface area contributed by atoms with Gasteiger partial charge in [0.25, 0.3) is 0 Å². The fourth-order valence-electron chi connectivity index (χ4n) is 8.23. The van der Waals surface area contributed by atoms with Crippen molar-refractivity contribution in [3.8, 4) is 5.88 Å². The number of rotatable bonds is 4. The number of aliphatic hydroxyl groups is 1. The van der Waals surface area contributed by atoms with Gasteiger partial charge in [0.1, 0.15) is 12.0 Å². The minimum absolute atomic E-state index is 0.0556. The summed E-state index contributed by atoms with van der Waals surface area (Å²) in [6, 6.07) is 15.3. The maximum absolute atomic E-state index is 14.6. The number of hydrogen-bond donors (Lipinski definition) is 2. The first-order valence-corrected chi connectivity index (χ1v) is 14.6. The Kier molecular flexibility index (Phi) is 6.97. The lowest BCUT2D eigenvalue weighted by atomic mass is 9.64. The maximum Gasteiger partial charge on any atom is 0.366 e. The zero-order valence-electron chi connectivity index (χ0n) is 22.2. The van der Waals surface area contributed by atoms with E-state index in [2.05, 4.69) is 51.6 Å². The summed E-state index contributed by atoms with van der Waals surface area (Å²) in [4.78, 5) is 20.3. The molecule has 3 heterocycles. The summed E-state index contributed by atoms with van der Waals surface area (Å²) in [6.07, 6.45) is 9.55. The third-order valence-corrected chi connectivity index (χ3v) is 10.2. The number of aliphatic hydroxyl groups excluding tert-OH is 1. The van der Waals surface area contributed by atoms with Gasteiger partial charge in [0.15, 0.2) is 0 Å². The Morgan fingerprint density at radius 3 is 2.68 bits per heavy atom. The lowest BCUT2D eigenvalue weighted by molar-refractivity contribution is -0.640. The molecule has 2 saturated heterocycles. The number of carbonyl (C=O) groups excluding carboxylic acids is 1. The molecule has 2 unspecified atom stereocenters. The number of carbonyl (C=O) groups is 1. The molecule has 1 saturated carbocycles. The Bertz CT molecular complexity index is 1100. The van der Waals surface area contributed by atoms with Crippen molar-refractivity contribution in [1.29, 1.82) is 0 Å². The molecule has 1 aromatic carbocycles. The van der Waals surface area contributed by atoms with Crippen molar-refractivity contribution in [1.82, 2.24) is 4.90 Å². The molecule has 4 aliphatic rings. The second-order valence-corrected chi connectivity index (χ2v) is 12.0. The molecule has 1 amide bonds. The number of likely N-dealkylation sites (tertiary alicyclic amines) is 1. The van der Waals surface area contributed by atoms with Gasteiger partial charge in [0.2, 0.25) is 11.6 Å². The van der Waals surface area contributed by atoms with Crippen LogP contribution < -0.4 is 15.0 Å². The molecule has 5 atom stereocenters. The minimum atomic E-state index is -0.538. The molecule has 1 aromatic heterocycles. The Hall–Kier alpha value is -2.44. The van der Waals surface area contributed by atoms with Crippen LogP contribution in [-0.2, 0) is 10.2 Å². The van der Waals surface area contributed by atoms with Crippen LogP contribution in [0.4, 0.5) is 0 Å². The molecule has 3 fully saturated rings. The highest BCUT2D eigenvalue weighted by molar-refractivity contribution is 5.82. The maximum atomic E-state index is 14.6. The number of aromatic amines is 1. The number of fused-ring (bicyclic) bond motifs is 2. The van der Waals surface area contributed by atoms with Gasteiger partial charge in [-0.25, -0.2) is 0 Å². The molecular weight excluding hydrogens is 462 g/mol. The van der Waals surface area contributed by atoms with Gasteiger partial charge in [0, 0.05) is 18.2 Å². The standard InChI is InChI=1S/C31H41N3O3/c1-37-28-13-12-24-29(33-28)27(35)14-16-31(24)20-32-19-25(31)30(36)34-17-15-23(21-8-4-2-5-9-21)18-26(34)22-10-6-3-7-11-22/h2,4-5,8-9,12-13,22-23,25-27,32,35H,3,6-7,10-11,14-20H2,1H3/p+2/t23-,25?,26+,27?,31+/m1/s1. The smallest absolute Gasteiger partial charge is 0.366 e. The van der Waals surface area contributed by atoms with Crippen molar-refractivity contribution in [3.05, 3.63) is 59.3 Å². The summed E-state index contributed by atoms with van der Waals surface area (Å²) in [5.74, 6) is 2.10. The van der Waals surface area contributed by atoms with Crippen molar-refractivity contribution in [2.24, 2.45) is 11.8 Å². The third kappa shape index (κ3) is 4.46. The Balaban J connectivity index is 1.31. The van der Waals surface area contributed by atoms with Crippen LogP contribution in [0.25, 0.3) is 0 Å². The minimum Gasteiger partial charge on any atom is -0.448 e. The fourth-order valence-corrected chi connectivity index (χ4v) is 8.23. The van der Waals surface area contributed by atoms with E-state index in [1.54, 1.807) is 7.11 Å². The number of amides is 1. The molecule has 37 heavy (non-hydrogen) atoms. The normalized spacial score (nSPS) is 32.3. The van der Waals surface area contributed by atoms with Crippen LogP contribution in [0.15, 0.2) is 42.5 Å². The van der Waals surface area contributed by atoms with Crippen molar-refractivity contribution in [2.45, 2.75) is 81.3 Å². The van der Waals surface area contributed by atoms with Gasteiger partial charge in [-0.15, -0.1) is 0 Å². The van der Waals surface area contributed by atoms with E-state index in [0.29, 0.717) is 36.1 Å². The highest BCUT2D eigenvalue weighted by Gasteiger charge is 2.57. The molecule has 4 N–H and O–H groups in total. The molecule has 0 bridgehead atoms. The summed E-state index contributed by atoms with van der Waals surface area (Å²) in [7, 11) is 1.64. The predicted molar refractivity (Wildman–Crippen MR) is 141 cm³/mol. The number of nitrogens with zero attached hydrogens (tertiary/aromatic N) is 1. The second kappa shape index (κ2) is 10.4. The molecular formula is C31H43N3O3+2. The van der Waals surface area contributed by atoms with Crippen LogP contribution in [-0.4, -0.2) is 48.7 Å². The van der Waals surface area contributed by atoms with E-state index in [0.717, 1.165) is 50.2 Å². The molecule has 198 valence electrons. The first-order chi connectivity index (χ1) is 18.1. The highest BCUT2D eigenvalue weighted by Crippen LogP contribution is 2.48.